The van der Waals surface area contributed by atoms with Gasteiger partial charge in [0, 0.05) is 0 Å². The summed E-state index contributed by atoms with van der Waals surface area (Å²) in [6.07, 6.45) is 22.2. The van der Waals surface area contributed by atoms with E-state index in [-0.39, 0.29) is 12.4 Å². The van der Waals surface area contributed by atoms with Gasteiger partial charge in [-0.15, -0.1) is 0 Å². The minimum Gasteiger partial charge on any atom is -1.00 e. The lowest BCUT2D eigenvalue weighted by atomic mass is 9.95. The Labute approximate surface area is 131 Å². The Bertz CT molecular complexity index is 343. The van der Waals surface area contributed by atoms with Crippen LogP contribution in [0.4, 0.5) is 0 Å². The number of halogens is 1. The second-order valence-electron chi connectivity index (χ2n) is 6.16. The molecule has 0 atom stereocenters. The van der Waals surface area contributed by atoms with Crippen molar-refractivity contribution in [2.45, 2.75) is 90.1 Å². The maximum Gasteiger partial charge on any atom is 0.243 e. The predicted octanol–water partition coefficient (Wildman–Crippen LogP) is 1.65. The van der Waals surface area contributed by atoms with E-state index in [9.17, 15) is 0 Å². The lowest BCUT2D eigenvalue weighted by Gasteiger charge is -2.18. The Hall–Kier alpha value is -0.500. The molecular weight excluding hydrogens is 268 g/mol. The third kappa shape index (κ3) is 5.87. The molecule has 0 unspecified atom stereocenters. The number of aryl methyl sites for hydroxylation is 1. The van der Waals surface area contributed by atoms with Crippen LogP contribution in [0.1, 0.15) is 83.6 Å². The van der Waals surface area contributed by atoms with Crippen LogP contribution >= 0.6 is 0 Å². The summed E-state index contributed by atoms with van der Waals surface area (Å²) in [5.41, 5.74) is 0. The number of rotatable bonds is 8. The van der Waals surface area contributed by atoms with Crippen LogP contribution in [-0.2, 0) is 6.54 Å². The fraction of sp³-hybridized carbons (Fsp3) is 0.824. The van der Waals surface area contributed by atoms with Crippen LogP contribution < -0.4 is 17.0 Å². The molecule has 1 heterocycles. The second kappa shape index (κ2) is 10.3. The van der Waals surface area contributed by atoms with Gasteiger partial charge >= 0.3 is 0 Å². The van der Waals surface area contributed by atoms with Gasteiger partial charge in [0.05, 0.1) is 6.54 Å². The zero-order valence-electron chi connectivity index (χ0n) is 13.1. The van der Waals surface area contributed by atoms with Crippen LogP contribution in [-0.4, -0.2) is 4.57 Å². The molecule has 1 aromatic heterocycles. The average Bonchev–Trinajstić information content (AvgIpc) is 2.92. The van der Waals surface area contributed by atoms with Crippen LogP contribution in [0.25, 0.3) is 0 Å². The van der Waals surface area contributed by atoms with Gasteiger partial charge in [-0.05, 0) is 38.5 Å². The Morgan fingerprint density at radius 1 is 1.00 bits per heavy atom. The Balaban J connectivity index is 0.00000200. The van der Waals surface area contributed by atoms with Gasteiger partial charge in [-0.1, -0.05) is 39.0 Å². The molecule has 0 amide bonds. The maximum absolute atomic E-state index is 2.45. The van der Waals surface area contributed by atoms with Crippen LogP contribution in [0.2, 0.25) is 0 Å². The van der Waals surface area contributed by atoms with Gasteiger partial charge in [0.25, 0.3) is 0 Å². The number of hydrogen-bond acceptors (Lipinski definition) is 0. The number of aromatic nitrogens is 2. The molecule has 1 saturated carbocycles. The summed E-state index contributed by atoms with van der Waals surface area (Å²) in [6, 6.07) is 0.777. The third-order valence-electron chi connectivity index (χ3n) is 4.48. The molecule has 0 aromatic carbocycles. The summed E-state index contributed by atoms with van der Waals surface area (Å²) in [7, 11) is 0. The largest absolute Gasteiger partial charge is 1.00 e. The van der Waals surface area contributed by atoms with Crippen molar-refractivity contribution in [3.63, 3.8) is 0 Å². The van der Waals surface area contributed by atoms with Gasteiger partial charge in [0.1, 0.15) is 18.4 Å². The minimum atomic E-state index is 0. The molecule has 116 valence electrons. The highest BCUT2D eigenvalue weighted by Crippen LogP contribution is 2.27. The first-order chi connectivity index (χ1) is 9.40. The van der Waals surface area contributed by atoms with Crippen LogP contribution in [0, 0.1) is 0 Å². The Morgan fingerprint density at radius 2 is 1.70 bits per heavy atom. The highest BCUT2D eigenvalue weighted by molar-refractivity contribution is 4.77. The van der Waals surface area contributed by atoms with Crippen molar-refractivity contribution in [3.8, 4) is 0 Å². The fourth-order valence-corrected chi connectivity index (χ4v) is 3.21. The van der Waals surface area contributed by atoms with Crippen LogP contribution in [0.3, 0.4) is 0 Å². The molecule has 20 heavy (non-hydrogen) atoms. The summed E-state index contributed by atoms with van der Waals surface area (Å²) in [5, 5.41) is 0. The van der Waals surface area contributed by atoms with E-state index in [0.29, 0.717) is 0 Å². The van der Waals surface area contributed by atoms with E-state index in [2.05, 4.69) is 34.8 Å². The van der Waals surface area contributed by atoms with Crippen molar-refractivity contribution >= 4 is 0 Å². The molecule has 3 heteroatoms. The molecule has 1 aromatic rings. The van der Waals surface area contributed by atoms with Crippen LogP contribution in [0.5, 0.6) is 0 Å². The number of nitrogens with zero attached hydrogens (tertiary/aromatic N) is 2. The van der Waals surface area contributed by atoms with E-state index in [1.807, 2.05) is 0 Å². The van der Waals surface area contributed by atoms with Crippen molar-refractivity contribution in [2.75, 3.05) is 0 Å². The van der Waals surface area contributed by atoms with E-state index < -0.39 is 0 Å². The quantitative estimate of drug-likeness (QED) is 0.510. The lowest BCUT2D eigenvalue weighted by molar-refractivity contribution is -0.697. The summed E-state index contributed by atoms with van der Waals surface area (Å²) in [4.78, 5) is 0. The Morgan fingerprint density at radius 3 is 2.45 bits per heavy atom. The summed E-state index contributed by atoms with van der Waals surface area (Å²) in [5.74, 6) is 0. The lowest BCUT2D eigenvalue weighted by Crippen LogP contribution is -3.00. The normalized spacial score (nSPS) is 16.1. The molecular formula is C17H31ClN2. The van der Waals surface area contributed by atoms with Crippen molar-refractivity contribution in [1.82, 2.24) is 4.57 Å². The van der Waals surface area contributed by atoms with Crippen molar-refractivity contribution in [1.29, 1.82) is 0 Å². The molecule has 1 fully saturated rings. The molecule has 1 aliphatic rings. The van der Waals surface area contributed by atoms with E-state index in [1.54, 1.807) is 0 Å². The van der Waals surface area contributed by atoms with Gasteiger partial charge in [0.15, 0.2) is 0 Å². The van der Waals surface area contributed by atoms with Gasteiger partial charge in [-0.3, -0.25) is 0 Å². The number of hydrogen-bond donors (Lipinski definition) is 0. The smallest absolute Gasteiger partial charge is 0.243 e. The highest BCUT2D eigenvalue weighted by Gasteiger charge is 2.19. The molecule has 2 rings (SSSR count). The molecule has 0 radical (unpaired) electrons. The first-order valence-electron chi connectivity index (χ1n) is 8.46. The van der Waals surface area contributed by atoms with Crippen molar-refractivity contribution in [3.05, 3.63) is 18.7 Å². The van der Waals surface area contributed by atoms with Gasteiger partial charge < -0.3 is 12.4 Å². The molecule has 1 aliphatic carbocycles. The van der Waals surface area contributed by atoms with Crippen molar-refractivity contribution < 1.29 is 17.0 Å². The van der Waals surface area contributed by atoms with E-state index in [0.717, 1.165) is 6.04 Å². The second-order valence-corrected chi connectivity index (χ2v) is 6.16. The zero-order valence-corrected chi connectivity index (χ0v) is 13.8. The standard InChI is InChI=1S/C17H31N2.ClH/c1-2-3-4-5-6-10-13-18-14-15-19(16-18)17-11-8-7-9-12-17;/h14-17H,2-13H2,1H3;1H/q+1;/p-1. The summed E-state index contributed by atoms with van der Waals surface area (Å²) < 4.78 is 4.84. The molecule has 0 saturated heterocycles. The number of unbranched alkanes of at least 4 members (excludes halogenated alkanes) is 5. The number of imidazole rings is 1. The Kier molecular flexibility index (Phi) is 9.00. The highest BCUT2D eigenvalue weighted by atomic mass is 35.5. The zero-order chi connectivity index (χ0) is 13.3. The molecule has 0 N–H and O–H groups in total. The van der Waals surface area contributed by atoms with E-state index in [1.165, 1.54) is 77.2 Å². The molecule has 2 nitrogen and oxygen atoms in total. The van der Waals surface area contributed by atoms with Crippen LogP contribution in [0.15, 0.2) is 18.7 Å². The first kappa shape index (κ1) is 17.6. The fourth-order valence-electron chi connectivity index (χ4n) is 3.21. The van der Waals surface area contributed by atoms with Gasteiger partial charge in [0.2, 0.25) is 6.33 Å². The predicted molar refractivity (Wildman–Crippen MR) is 80.1 cm³/mol. The van der Waals surface area contributed by atoms with E-state index >= 15 is 0 Å². The van der Waals surface area contributed by atoms with Gasteiger partial charge in [-0.25, -0.2) is 9.13 Å². The van der Waals surface area contributed by atoms with E-state index in [4.69, 9.17) is 0 Å². The maximum atomic E-state index is 2.45. The first-order valence-corrected chi connectivity index (χ1v) is 8.46. The SMILES string of the molecule is CCCCCCCC[n+]1ccn(C2CCCCC2)c1.[Cl-]. The summed E-state index contributed by atoms with van der Waals surface area (Å²) >= 11 is 0. The summed E-state index contributed by atoms with van der Waals surface area (Å²) in [6.45, 7) is 3.48. The minimum absolute atomic E-state index is 0. The van der Waals surface area contributed by atoms with Crippen molar-refractivity contribution in [2.24, 2.45) is 0 Å². The molecule has 0 aliphatic heterocycles. The third-order valence-corrected chi connectivity index (χ3v) is 4.48. The topological polar surface area (TPSA) is 8.81 Å². The van der Waals surface area contributed by atoms with Gasteiger partial charge in [-0.2, -0.15) is 0 Å². The molecule has 0 spiro atoms. The molecule has 0 bridgehead atoms. The average molecular weight is 299 g/mol. The monoisotopic (exact) mass is 298 g/mol.